The fourth-order valence-electron chi connectivity index (χ4n) is 6.21. The van der Waals surface area contributed by atoms with Crippen LogP contribution in [-0.2, 0) is 32.0 Å². The zero-order valence-electron chi connectivity index (χ0n) is 30.5. The number of carbonyl (C=O) groups is 5. The highest BCUT2D eigenvalue weighted by Crippen LogP contribution is 2.30. The van der Waals surface area contributed by atoms with E-state index < -0.39 is 47.4 Å². The second-order valence-corrected chi connectivity index (χ2v) is 14.2. The lowest BCUT2D eigenvalue weighted by atomic mass is 10.0. The molecule has 2 aliphatic heterocycles. The van der Waals surface area contributed by atoms with E-state index in [1.165, 1.54) is 18.2 Å². The number of nitrogens with zero attached hydrogens (tertiary/aromatic N) is 1. The lowest BCUT2D eigenvalue weighted by Crippen LogP contribution is -2.58. The van der Waals surface area contributed by atoms with Crippen LogP contribution in [0.1, 0.15) is 61.6 Å². The van der Waals surface area contributed by atoms with Crippen LogP contribution in [0.3, 0.4) is 0 Å². The Morgan fingerprint density at radius 3 is 2.30 bits per heavy atom. The Bertz CT molecular complexity index is 1800. The van der Waals surface area contributed by atoms with Crippen LogP contribution in [0.5, 0.6) is 11.5 Å². The maximum Gasteiger partial charge on any atom is 0.323 e. The van der Waals surface area contributed by atoms with E-state index in [0.29, 0.717) is 35.6 Å². The second-order valence-electron chi connectivity index (χ2n) is 14.2. The van der Waals surface area contributed by atoms with Crippen molar-refractivity contribution < 1.29 is 33.4 Å². The summed E-state index contributed by atoms with van der Waals surface area (Å²) in [5.41, 5.74) is 0.713. The normalized spacial score (nSPS) is 22.0. The van der Waals surface area contributed by atoms with Gasteiger partial charge in [0.15, 0.2) is 0 Å². The fraction of sp³-hybridized carbons (Fsp3) is 0.474. The highest BCUT2D eigenvalue weighted by Gasteiger charge is 2.34. The average Bonchev–Trinajstić information content (AvgIpc) is 3.84. The molecule has 15 heteroatoms. The first-order valence-electron chi connectivity index (χ1n) is 18.0. The highest BCUT2D eigenvalue weighted by molar-refractivity contribution is 5.98. The number of carbonyl (C=O) groups excluding carboxylic acids is 5. The van der Waals surface area contributed by atoms with Crippen LogP contribution in [0.25, 0.3) is 0 Å². The molecule has 3 aromatic rings. The van der Waals surface area contributed by atoms with Gasteiger partial charge in [-0.05, 0) is 73.4 Å². The van der Waals surface area contributed by atoms with Crippen molar-refractivity contribution in [2.45, 2.75) is 77.0 Å². The summed E-state index contributed by atoms with van der Waals surface area (Å²) in [6.45, 7) is 6.04. The summed E-state index contributed by atoms with van der Waals surface area (Å²) in [7, 11) is 1.54. The van der Waals surface area contributed by atoms with Crippen molar-refractivity contribution in [1.29, 1.82) is 0 Å². The Hall–Kier alpha value is -5.60. The van der Waals surface area contributed by atoms with Crippen molar-refractivity contribution in [3.8, 4) is 11.5 Å². The summed E-state index contributed by atoms with van der Waals surface area (Å²) in [6, 6.07) is 10.3. The molecule has 15 nitrogen and oxygen atoms in total. The number of amides is 5. The zero-order valence-corrected chi connectivity index (χ0v) is 30.5. The minimum absolute atomic E-state index is 0.0282. The molecule has 3 aliphatic rings. The molecule has 2 aromatic carbocycles. The zero-order chi connectivity index (χ0) is 38.1. The van der Waals surface area contributed by atoms with Crippen LogP contribution < -0.4 is 36.4 Å². The molecule has 0 radical (unpaired) electrons. The third-order valence-electron chi connectivity index (χ3n) is 9.18. The number of fused-ring (bicyclic) bond motifs is 17. The van der Waals surface area contributed by atoms with Crippen molar-refractivity contribution in [3.63, 3.8) is 0 Å². The summed E-state index contributed by atoms with van der Waals surface area (Å²) < 4.78 is 11.3. The van der Waals surface area contributed by atoms with Gasteiger partial charge in [0.05, 0.1) is 19.7 Å². The van der Waals surface area contributed by atoms with E-state index in [0.717, 1.165) is 12.8 Å². The summed E-state index contributed by atoms with van der Waals surface area (Å²) in [5.74, 6) is -1.07. The van der Waals surface area contributed by atoms with Crippen molar-refractivity contribution in [2.75, 3.05) is 26.8 Å². The number of H-pyrrole nitrogens is 2. The molecule has 0 unspecified atom stereocenters. The van der Waals surface area contributed by atoms with Crippen LogP contribution in [0.15, 0.2) is 59.5 Å². The summed E-state index contributed by atoms with van der Waals surface area (Å²) in [4.78, 5) is 86.4. The van der Waals surface area contributed by atoms with Crippen LogP contribution in [0.2, 0.25) is 0 Å². The predicted molar refractivity (Wildman–Crippen MR) is 195 cm³/mol. The number of methoxy groups -OCH3 is 1. The molecular weight excluding hydrogens is 682 g/mol. The Morgan fingerprint density at radius 1 is 0.962 bits per heavy atom. The van der Waals surface area contributed by atoms with Crippen LogP contribution >= 0.6 is 0 Å². The van der Waals surface area contributed by atoms with Gasteiger partial charge >= 0.3 is 5.69 Å². The standard InChI is InChI=1S/C38H49N7O8/c1-22(2)15-27-21-53-29-13-9-25(10-14-29)17-31(43-36(49)32-18-39-38(51)44-32)35(48)42-30(16-24-7-11-28(52-4)12-8-24)34(47)40-23(3)37(50)45(19-26-5-6-26)20-33(46)41-27/h7-14,18,22-23,26-27,30-31H,5-6,15-17,19-21H2,1-4H3,(H,40,47)(H,41,46)(H,42,48)(H,43,49)(H2,39,44,51)/t23-,27+,30+,31+/m1/s1. The first-order chi connectivity index (χ1) is 25.4. The molecular formula is C38H49N7O8. The molecule has 0 spiro atoms. The summed E-state index contributed by atoms with van der Waals surface area (Å²) >= 11 is 0. The second kappa shape index (κ2) is 17.8. The summed E-state index contributed by atoms with van der Waals surface area (Å²) in [6.07, 6.45) is 3.82. The maximum atomic E-state index is 14.1. The predicted octanol–water partition coefficient (Wildman–Crippen LogP) is 1.45. The van der Waals surface area contributed by atoms with Gasteiger partial charge in [-0.15, -0.1) is 0 Å². The smallest absolute Gasteiger partial charge is 0.323 e. The van der Waals surface area contributed by atoms with E-state index in [4.69, 9.17) is 9.47 Å². The third kappa shape index (κ3) is 11.4. The van der Waals surface area contributed by atoms with Gasteiger partial charge in [-0.1, -0.05) is 38.1 Å². The van der Waals surface area contributed by atoms with Crippen molar-refractivity contribution in [2.24, 2.45) is 11.8 Å². The molecule has 1 aliphatic carbocycles. The molecule has 284 valence electrons. The SMILES string of the molecule is COc1ccc(C[C@@H]2NC(=O)[C@@H](NC(=O)c3c[nH]c(=O)[nH]3)Cc3ccc(cc3)OC[C@H](CC(C)C)NC(=O)CN(CC3CC3)C(=O)[C@@H](C)NC2=O)cc1. The van der Waals surface area contributed by atoms with E-state index in [1.807, 2.05) is 13.8 Å². The Kier molecular flexibility index (Phi) is 12.9. The highest BCUT2D eigenvalue weighted by atomic mass is 16.5. The van der Waals surface area contributed by atoms with E-state index in [2.05, 4.69) is 31.2 Å². The van der Waals surface area contributed by atoms with Crippen molar-refractivity contribution in [1.82, 2.24) is 36.1 Å². The van der Waals surface area contributed by atoms with Gasteiger partial charge in [-0.3, -0.25) is 24.0 Å². The van der Waals surface area contributed by atoms with Gasteiger partial charge in [-0.2, -0.15) is 0 Å². The molecule has 6 N–H and O–H groups in total. The van der Waals surface area contributed by atoms with Crippen LogP contribution in [0.4, 0.5) is 0 Å². The minimum atomic E-state index is -1.18. The Balaban J connectivity index is 1.47. The van der Waals surface area contributed by atoms with Crippen molar-refractivity contribution >= 4 is 29.5 Å². The number of hydrogen-bond donors (Lipinski definition) is 6. The number of benzene rings is 2. The largest absolute Gasteiger partial charge is 0.497 e. The monoisotopic (exact) mass is 731 g/mol. The molecule has 2 bridgehead atoms. The number of rotatable bonds is 9. The maximum absolute atomic E-state index is 14.1. The third-order valence-corrected chi connectivity index (χ3v) is 9.18. The lowest BCUT2D eigenvalue weighted by Gasteiger charge is -2.29. The van der Waals surface area contributed by atoms with Gasteiger partial charge in [0, 0.05) is 25.6 Å². The van der Waals surface area contributed by atoms with Crippen molar-refractivity contribution in [3.05, 3.63) is 82.0 Å². The number of aromatic nitrogens is 2. The molecule has 1 aromatic heterocycles. The number of hydrogen-bond acceptors (Lipinski definition) is 8. The van der Waals surface area contributed by atoms with Crippen LogP contribution in [0, 0.1) is 11.8 Å². The van der Waals surface area contributed by atoms with Gasteiger partial charge in [0.2, 0.25) is 23.6 Å². The average molecular weight is 732 g/mol. The molecule has 0 saturated heterocycles. The van der Waals surface area contributed by atoms with E-state index in [-0.39, 0.29) is 55.5 Å². The summed E-state index contributed by atoms with van der Waals surface area (Å²) in [5, 5.41) is 11.3. The molecule has 53 heavy (non-hydrogen) atoms. The van der Waals surface area contributed by atoms with Gasteiger partial charge in [-0.25, -0.2) is 4.79 Å². The lowest BCUT2D eigenvalue weighted by molar-refractivity contribution is -0.140. The van der Waals surface area contributed by atoms with E-state index in [1.54, 1.807) is 55.5 Å². The Labute approximate surface area is 308 Å². The minimum Gasteiger partial charge on any atom is -0.497 e. The topological polar surface area (TPSA) is 204 Å². The number of imidazole rings is 1. The number of ether oxygens (including phenoxy) is 2. The molecule has 4 atom stereocenters. The number of nitrogens with one attached hydrogen (secondary N) is 6. The Morgan fingerprint density at radius 2 is 1.68 bits per heavy atom. The van der Waals surface area contributed by atoms with E-state index >= 15 is 0 Å². The quantitative estimate of drug-likeness (QED) is 0.177. The first kappa shape index (κ1) is 38.6. The number of aromatic amines is 2. The van der Waals surface area contributed by atoms with Gasteiger partial charge in [0.1, 0.15) is 41.9 Å². The van der Waals surface area contributed by atoms with Gasteiger partial charge in [0.25, 0.3) is 5.91 Å². The molecule has 1 fully saturated rings. The molecule has 5 amide bonds. The fourth-order valence-corrected chi connectivity index (χ4v) is 6.21. The first-order valence-corrected chi connectivity index (χ1v) is 18.0. The molecule has 1 saturated carbocycles. The molecule has 3 heterocycles. The van der Waals surface area contributed by atoms with Gasteiger partial charge < -0.3 is 45.6 Å². The van der Waals surface area contributed by atoms with Crippen LogP contribution in [-0.4, -0.2) is 95.4 Å². The molecule has 6 rings (SSSR count). The van der Waals surface area contributed by atoms with E-state index in [9.17, 15) is 28.8 Å².